The Balaban J connectivity index is 1.74. The number of non-ortho nitro benzene ring substituents is 1. The first-order chi connectivity index (χ1) is 12.5. The highest BCUT2D eigenvalue weighted by Crippen LogP contribution is 2.30. The highest BCUT2D eigenvalue weighted by Gasteiger charge is 2.11. The Morgan fingerprint density at radius 1 is 1.19 bits per heavy atom. The number of nitrogens with one attached hydrogen (secondary N) is 1. The van der Waals surface area contributed by atoms with Crippen molar-refractivity contribution in [2.24, 2.45) is 0 Å². The molecule has 0 fully saturated rings. The smallest absolute Gasteiger partial charge is 0.270 e. The topological polar surface area (TPSA) is 85.1 Å². The predicted molar refractivity (Wildman–Crippen MR) is 102 cm³/mol. The van der Waals surface area contributed by atoms with E-state index in [0.717, 1.165) is 33.8 Å². The van der Waals surface area contributed by atoms with Crippen LogP contribution in [0.1, 0.15) is 12.5 Å². The van der Waals surface area contributed by atoms with Gasteiger partial charge in [0.1, 0.15) is 5.01 Å². The van der Waals surface area contributed by atoms with Crippen LogP contribution in [-0.2, 0) is 11.2 Å². The molecule has 1 amide bonds. The number of nitro benzene ring substituents is 1. The number of thiazole rings is 1. The van der Waals surface area contributed by atoms with Crippen molar-refractivity contribution >= 4 is 22.9 Å². The van der Waals surface area contributed by atoms with Crippen molar-refractivity contribution in [3.8, 4) is 21.8 Å². The quantitative estimate of drug-likeness (QED) is 0.526. The number of nitro groups is 1. The Morgan fingerprint density at radius 2 is 1.96 bits per heavy atom. The van der Waals surface area contributed by atoms with Crippen LogP contribution >= 0.6 is 11.3 Å². The lowest BCUT2D eigenvalue weighted by Gasteiger charge is -2.03. The van der Waals surface area contributed by atoms with E-state index in [4.69, 9.17) is 0 Å². The number of hydrogen-bond donors (Lipinski definition) is 1. The van der Waals surface area contributed by atoms with E-state index in [0.29, 0.717) is 6.54 Å². The van der Waals surface area contributed by atoms with E-state index in [-0.39, 0.29) is 11.6 Å². The van der Waals surface area contributed by atoms with Gasteiger partial charge in [0.15, 0.2) is 0 Å². The van der Waals surface area contributed by atoms with E-state index in [1.807, 2.05) is 35.7 Å². The van der Waals surface area contributed by atoms with Gasteiger partial charge in [0.2, 0.25) is 5.91 Å². The summed E-state index contributed by atoms with van der Waals surface area (Å²) in [6, 6.07) is 14.5. The van der Waals surface area contributed by atoms with Gasteiger partial charge in [0.05, 0.1) is 10.6 Å². The average molecular weight is 367 g/mol. The molecule has 3 aromatic rings. The second-order valence-electron chi connectivity index (χ2n) is 5.78. The van der Waals surface area contributed by atoms with Gasteiger partial charge in [-0.1, -0.05) is 36.4 Å². The van der Waals surface area contributed by atoms with Crippen LogP contribution in [0.3, 0.4) is 0 Å². The minimum Gasteiger partial charge on any atom is -0.356 e. The molecule has 0 aliphatic rings. The van der Waals surface area contributed by atoms with Crippen LogP contribution in [0.5, 0.6) is 0 Å². The number of benzene rings is 2. The molecule has 1 N–H and O–H groups in total. The third-order valence-electron chi connectivity index (χ3n) is 3.85. The molecule has 0 radical (unpaired) electrons. The van der Waals surface area contributed by atoms with Gasteiger partial charge in [-0.25, -0.2) is 4.98 Å². The van der Waals surface area contributed by atoms with Gasteiger partial charge < -0.3 is 5.32 Å². The Bertz CT molecular complexity index is 935. The molecular formula is C19H17N3O3S. The van der Waals surface area contributed by atoms with Crippen molar-refractivity contribution in [2.45, 2.75) is 13.3 Å². The molecule has 2 aromatic carbocycles. The number of nitrogens with zero attached hydrogens (tertiary/aromatic N) is 2. The summed E-state index contributed by atoms with van der Waals surface area (Å²) in [5.41, 5.74) is 3.76. The molecule has 0 aliphatic heterocycles. The summed E-state index contributed by atoms with van der Waals surface area (Å²) in [6.45, 7) is 2.12. The van der Waals surface area contributed by atoms with Crippen LogP contribution < -0.4 is 5.32 Å². The Kier molecular flexibility index (Phi) is 5.38. The summed E-state index contributed by atoms with van der Waals surface area (Å²) in [4.78, 5) is 26.0. The number of carbonyl (C=O) groups excluding carboxylic acids is 1. The number of carbonyl (C=O) groups is 1. The molecule has 0 saturated carbocycles. The lowest BCUT2D eigenvalue weighted by Crippen LogP contribution is -2.22. The first-order valence-corrected chi connectivity index (χ1v) is 8.95. The normalized spacial score (nSPS) is 10.5. The van der Waals surface area contributed by atoms with Crippen molar-refractivity contribution in [3.63, 3.8) is 0 Å². The average Bonchev–Trinajstić information content (AvgIpc) is 3.12. The van der Waals surface area contributed by atoms with Crippen molar-refractivity contribution in [2.75, 3.05) is 6.54 Å². The van der Waals surface area contributed by atoms with Gasteiger partial charge in [0, 0.05) is 42.1 Å². The van der Waals surface area contributed by atoms with Gasteiger partial charge in [-0.2, -0.15) is 0 Å². The SMILES string of the molecule is CC(=O)NCCc1ccc(-c2csc(-c3cccc([N+](=O)[O-])c3)n2)cc1. The fourth-order valence-corrected chi connectivity index (χ4v) is 3.34. The van der Waals surface area contributed by atoms with E-state index in [1.165, 1.54) is 30.4 Å². The highest BCUT2D eigenvalue weighted by atomic mass is 32.1. The van der Waals surface area contributed by atoms with E-state index in [9.17, 15) is 14.9 Å². The molecule has 0 aliphatic carbocycles. The zero-order chi connectivity index (χ0) is 18.5. The molecular weight excluding hydrogens is 350 g/mol. The third-order valence-corrected chi connectivity index (χ3v) is 4.74. The zero-order valence-corrected chi connectivity index (χ0v) is 15.0. The second-order valence-corrected chi connectivity index (χ2v) is 6.63. The lowest BCUT2D eigenvalue weighted by atomic mass is 10.1. The first-order valence-electron chi connectivity index (χ1n) is 8.07. The zero-order valence-electron chi connectivity index (χ0n) is 14.1. The fourth-order valence-electron chi connectivity index (χ4n) is 2.52. The highest BCUT2D eigenvalue weighted by molar-refractivity contribution is 7.13. The summed E-state index contributed by atoms with van der Waals surface area (Å²) in [6.07, 6.45) is 0.774. The summed E-state index contributed by atoms with van der Waals surface area (Å²) in [7, 11) is 0. The summed E-state index contributed by atoms with van der Waals surface area (Å²) in [5.74, 6) is -0.0298. The van der Waals surface area contributed by atoms with Crippen molar-refractivity contribution < 1.29 is 9.72 Å². The van der Waals surface area contributed by atoms with E-state index >= 15 is 0 Å². The molecule has 0 unspecified atom stereocenters. The van der Waals surface area contributed by atoms with Crippen LogP contribution in [0.4, 0.5) is 5.69 Å². The van der Waals surface area contributed by atoms with E-state index in [2.05, 4.69) is 10.3 Å². The molecule has 0 atom stereocenters. The second kappa shape index (κ2) is 7.88. The van der Waals surface area contributed by atoms with Crippen molar-refractivity contribution in [1.82, 2.24) is 10.3 Å². The van der Waals surface area contributed by atoms with Crippen LogP contribution in [0.25, 0.3) is 21.8 Å². The summed E-state index contributed by atoms with van der Waals surface area (Å²) < 4.78 is 0. The van der Waals surface area contributed by atoms with Crippen molar-refractivity contribution in [1.29, 1.82) is 0 Å². The summed E-state index contributed by atoms with van der Waals surface area (Å²) >= 11 is 1.46. The van der Waals surface area contributed by atoms with Gasteiger partial charge in [-0.05, 0) is 12.0 Å². The first kappa shape index (κ1) is 17.8. The third kappa shape index (κ3) is 4.31. The van der Waals surface area contributed by atoms with Gasteiger partial charge in [-0.15, -0.1) is 11.3 Å². The van der Waals surface area contributed by atoms with Gasteiger partial charge in [-0.3, -0.25) is 14.9 Å². The molecule has 1 aromatic heterocycles. The van der Waals surface area contributed by atoms with Crippen LogP contribution in [0.15, 0.2) is 53.9 Å². The maximum atomic E-state index is 10.9. The Hall–Kier alpha value is -3.06. The van der Waals surface area contributed by atoms with E-state index in [1.54, 1.807) is 6.07 Å². The number of aromatic nitrogens is 1. The molecule has 0 spiro atoms. The minimum absolute atomic E-state index is 0.0298. The standard InChI is InChI=1S/C19H17N3O3S/c1-13(23)20-10-9-14-5-7-15(8-6-14)18-12-26-19(21-18)16-3-2-4-17(11-16)22(24)25/h2-8,11-12H,9-10H2,1H3,(H,20,23). The number of amides is 1. The molecule has 0 bridgehead atoms. The van der Waals surface area contributed by atoms with Crippen LogP contribution in [0, 0.1) is 10.1 Å². The number of rotatable bonds is 6. The monoisotopic (exact) mass is 367 g/mol. The molecule has 3 rings (SSSR count). The lowest BCUT2D eigenvalue weighted by molar-refractivity contribution is -0.384. The molecule has 1 heterocycles. The summed E-state index contributed by atoms with van der Waals surface area (Å²) in [5, 5.41) is 16.4. The molecule has 132 valence electrons. The van der Waals surface area contributed by atoms with Crippen LogP contribution in [-0.4, -0.2) is 22.4 Å². The molecule has 26 heavy (non-hydrogen) atoms. The van der Waals surface area contributed by atoms with Crippen molar-refractivity contribution in [3.05, 3.63) is 69.6 Å². The fraction of sp³-hybridized carbons (Fsp3) is 0.158. The Labute approximate surface area is 154 Å². The van der Waals surface area contributed by atoms with Gasteiger partial charge >= 0.3 is 0 Å². The van der Waals surface area contributed by atoms with Gasteiger partial charge in [0.25, 0.3) is 5.69 Å². The predicted octanol–water partition coefficient (Wildman–Crippen LogP) is 4.06. The maximum absolute atomic E-state index is 10.9. The van der Waals surface area contributed by atoms with E-state index < -0.39 is 4.92 Å². The maximum Gasteiger partial charge on any atom is 0.270 e. The number of hydrogen-bond acceptors (Lipinski definition) is 5. The largest absolute Gasteiger partial charge is 0.356 e. The molecule has 0 saturated heterocycles. The molecule has 6 nitrogen and oxygen atoms in total. The Morgan fingerprint density at radius 3 is 2.65 bits per heavy atom. The minimum atomic E-state index is -0.405. The molecule has 7 heteroatoms. The van der Waals surface area contributed by atoms with Crippen LogP contribution in [0.2, 0.25) is 0 Å².